The molecule has 0 unspecified atom stereocenters. The lowest BCUT2D eigenvalue weighted by molar-refractivity contribution is 0.299. The minimum Gasteiger partial charge on any atom is -0.493 e. The number of nitrogen functional groups attached to an aromatic ring is 1. The summed E-state index contributed by atoms with van der Waals surface area (Å²) in [7, 11) is 3.12. The molecule has 0 spiro atoms. The lowest BCUT2D eigenvalue weighted by atomic mass is 10.1. The van der Waals surface area contributed by atoms with Gasteiger partial charge >= 0.3 is 0 Å². The molecule has 3 N–H and O–H groups in total. The SMILES string of the molecule is COc1cc(N)c(CCO)cc1OC. The summed E-state index contributed by atoms with van der Waals surface area (Å²) in [5.41, 5.74) is 7.23. The molecule has 0 heterocycles. The Hall–Kier alpha value is -1.42. The van der Waals surface area contributed by atoms with Crippen molar-refractivity contribution in [2.75, 3.05) is 26.6 Å². The van der Waals surface area contributed by atoms with E-state index in [1.54, 1.807) is 26.4 Å². The van der Waals surface area contributed by atoms with Crippen LogP contribution in [0.2, 0.25) is 0 Å². The highest BCUT2D eigenvalue weighted by Gasteiger charge is 2.08. The lowest BCUT2D eigenvalue weighted by Gasteiger charge is -2.11. The highest BCUT2D eigenvalue weighted by molar-refractivity contribution is 5.58. The smallest absolute Gasteiger partial charge is 0.162 e. The van der Waals surface area contributed by atoms with Crippen LogP contribution in [0.15, 0.2) is 12.1 Å². The van der Waals surface area contributed by atoms with Gasteiger partial charge in [0, 0.05) is 18.4 Å². The monoisotopic (exact) mass is 197 g/mol. The summed E-state index contributed by atoms with van der Waals surface area (Å²) >= 11 is 0. The van der Waals surface area contributed by atoms with Crippen LogP contribution in [0.25, 0.3) is 0 Å². The number of methoxy groups -OCH3 is 2. The molecule has 0 aliphatic carbocycles. The molecule has 4 heteroatoms. The second-order valence-electron chi connectivity index (χ2n) is 2.88. The van der Waals surface area contributed by atoms with Gasteiger partial charge in [-0.3, -0.25) is 0 Å². The Labute approximate surface area is 83.3 Å². The summed E-state index contributed by atoms with van der Waals surface area (Å²) < 4.78 is 10.2. The summed E-state index contributed by atoms with van der Waals surface area (Å²) in [6.07, 6.45) is 0.520. The van der Waals surface area contributed by atoms with Crippen LogP contribution in [-0.2, 0) is 6.42 Å². The van der Waals surface area contributed by atoms with Gasteiger partial charge in [-0.1, -0.05) is 0 Å². The topological polar surface area (TPSA) is 64.7 Å². The lowest BCUT2D eigenvalue weighted by Crippen LogP contribution is -2.00. The molecule has 0 fully saturated rings. The standard InChI is InChI=1S/C10H15NO3/c1-13-9-5-7(3-4-12)8(11)6-10(9)14-2/h5-6,12H,3-4,11H2,1-2H3. The van der Waals surface area contributed by atoms with Crippen molar-refractivity contribution >= 4 is 5.69 Å². The van der Waals surface area contributed by atoms with E-state index >= 15 is 0 Å². The molecule has 1 rings (SSSR count). The van der Waals surface area contributed by atoms with E-state index in [1.807, 2.05) is 0 Å². The molecule has 0 aromatic heterocycles. The number of anilines is 1. The van der Waals surface area contributed by atoms with Gasteiger partial charge in [-0.15, -0.1) is 0 Å². The zero-order chi connectivity index (χ0) is 10.6. The Kier molecular flexibility index (Phi) is 3.59. The molecule has 0 amide bonds. The number of ether oxygens (including phenoxy) is 2. The van der Waals surface area contributed by atoms with Gasteiger partial charge in [0.15, 0.2) is 11.5 Å². The zero-order valence-corrected chi connectivity index (χ0v) is 8.41. The van der Waals surface area contributed by atoms with Gasteiger partial charge in [-0.25, -0.2) is 0 Å². The predicted octanol–water partition coefficient (Wildman–Crippen LogP) is 0.821. The minimum absolute atomic E-state index is 0.0691. The molecule has 1 aromatic rings. The van der Waals surface area contributed by atoms with Crippen molar-refractivity contribution in [2.45, 2.75) is 6.42 Å². The number of hydrogen-bond acceptors (Lipinski definition) is 4. The van der Waals surface area contributed by atoms with Gasteiger partial charge < -0.3 is 20.3 Å². The quantitative estimate of drug-likeness (QED) is 0.701. The molecule has 14 heavy (non-hydrogen) atoms. The molecule has 0 aliphatic heterocycles. The molecule has 0 atom stereocenters. The number of rotatable bonds is 4. The molecule has 0 bridgehead atoms. The minimum atomic E-state index is 0.0691. The zero-order valence-electron chi connectivity index (χ0n) is 8.41. The first kappa shape index (κ1) is 10.7. The molecule has 4 nitrogen and oxygen atoms in total. The van der Waals surface area contributed by atoms with Crippen molar-refractivity contribution in [1.82, 2.24) is 0 Å². The normalized spacial score (nSPS) is 9.93. The van der Waals surface area contributed by atoms with Crippen LogP contribution in [0, 0.1) is 0 Å². The van der Waals surface area contributed by atoms with E-state index in [9.17, 15) is 0 Å². The second kappa shape index (κ2) is 4.72. The van der Waals surface area contributed by atoms with E-state index < -0.39 is 0 Å². The average molecular weight is 197 g/mol. The van der Waals surface area contributed by atoms with Crippen molar-refractivity contribution in [3.05, 3.63) is 17.7 Å². The van der Waals surface area contributed by atoms with Gasteiger partial charge in [0.05, 0.1) is 14.2 Å². The second-order valence-corrected chi connectivity index (χ2v) is 2.88. The molecule has 0 aliphatic rings. The first-order valence-corrected chi connectivity index (χ1v) is 4.34. The fraction of sp³-hybridized carbons (Fsp3) is 0.400. The summed E-state index contributed by atoms with van der Waals surface area (Å²) in [6.45, 7) is 0.0691. The van der Waals surface area contributed by atoms with E-state index in [2.05, 4.69) is 0 Å². The Morgan fingerprint density at radius 1 is 1.21 bits per heavy atom. The maximum atomic E-state index is 8.81. The van der Waals surface area contributed by atoms with Crippen LogP contribution in [-0.4, -0.2) is 25.9 Å². The Morgan fingerprint density at radius 3 is 2.29 bits per heavy atom. The van der Waals surface area contributed by atoms with Crippen LogP contribution in [0.1, 0.15) is 5.56 Å². The van der Waals surface area contributed by atoms with Gasteiger partial charge in [-0.05, 0) is 18.1 Å². The van der Waals surface area contributed by atoms with Gasteiger partial charge in [-0.2, -0.15) is 0 Å². The number of aliphatic hydroxyl groups excluding tert-OH is 1. The van der Waals surface area contributed by atoms with Crippen LogP contribution < -0.4 is 15.2 Å². The Balaban J connectivity index is 3.09. The maximum absolute atomic E-state index is 8.81. The molecule has 1 aromatic carbocycles. The predicted molar refractivity (Wildman–Crippen MR) is 54.7 cm³/mol. The molecular formula is C10H15NO3. The number of aliphatic hydroxyl groups is 1. The third-order valence-electron chi connectivity index (χ3n) is 2.03. The highest BCUT2D eigenvalue weighted by Crippen LogP contribution is 2.31. The van der Waals surface area contributed by atoms with Crippen molar-refractivity contribution in [3.63, 3.8) is 0 Å². The Bertz CT molecular complexity index is 312. The summed E-state index contributed by atoms with van der Waals surface area (Å²) in [6, 6.07) is 3.48. The summed E-state index contributed by atoms with van der Waals surface area (Å²) in [4.78, 5) is 0. The van der Waals surface area contributed by atoms with E-state index in [0.29, 0.717) is 23.6 Å². The molecule has 0 saturated carbocycles. The average Bonchev–Trinajstić information content (AvgIpc) is 2.20. The first-order valence-electron chi connectivity index (χ1n) is 4.34. The fourth-order valence-electron chi connectivity index (χ4n) is 1.27. The molecule has 0 saturated heterocycles. The molecule has 78 valence electrons. The van der Waals surface area contributed by atoms with Crippen LogP contribution in [0.5, 0.6) is 11.5 Å². The summed E-state index contributed by atoms with van der Waals surface area (Å²) in [5.74, 6) is 1.23. The van der Waals surface area contributed by atoms with Crippen LogP contribution in [0.4, 0.5) is 5.69 Å². The van der Waals surface area contributed by atoms with E-state index in [1.165, 1.54) is 0 Å². The first-order chi connectivity index (χ1) is 6.72. The van der Waals surface area contributed by atoms with E-state index in [0.717, 1.165) is 5.56 Å². The van der Waals surface area contributed by atoms with Gasteiger partial charge in [0.2, 0.25) is 0 Å². The number of hydrogen-bond donors (Lipinski definition) is 2. The third-order valence-corrected chi connectivity index (χ3v) is 2.03. The fourth-order valence-corrected chi connectivity index (χ4v) is 1.27. The van der Waals surface area contributed by atoms with Crippen LogP contribution in [0.3, 0.4) is 0 Å². The number of benzene rings is 1. The van der Waals surface area contributed by atoms with Crippen molar-refractivity contribution in [2.24, 2.45) is 0 Å². The summed E-state index contributed by atoms with van der Waals surface area (Å²) in [5, 5.41) is 8.81. The Morgan fingerprint density at radius 2 is 1.79 bits per heavy atom. The van der Waals surface area contributed by atoms with Crippen molar-refractivity contribution in [1.29, 1.82) is 0 Å². The van der Waals surface area contributed by atoms with Crippen molar-refractivity contribution in [3.8, 4) is 11.5 Å². The van der Waals surface area contributed by atoms with E-state index in [-0.39, 0.29) is 6.61 Å². The maximum Gasteiger partial charge on any atom is 0.162 e. The van der Waals surface area contributed by atoms with Crippen LogP contribution >= 0.6 is 0 Å². The molecular weight excluding hydrogens is 182 g/mol. The third kappa shape index (κ3) is 2.09. The highest BCUT2D eigenvalue weighted by atomic mass is 16.5. The van der Waals surface area contributed by atoms with E-state index in [4.69, 9.17) is 20.3 Å². The number of nitrogens with two attached hydrogens (primary N) is 1. The molecule has 0 radical (unpaired) electrons. The largest absolute Gasteiger partial charge is 0.493 e. The van der Waals surface area contributed by atoms with Gasteiger partial charge in [0.25, 0.3) is 0 Å². The van der Waals surface area contributed by atoms with Gasteiger partial charge in [0.1, 0.15) is 0 Å². The van der Waals surface area contributed by atoms with Crippen molar-refractivity contribution < 1.29 is 14.6 Å².